The van der Waals surface area contributed by atoms with E-state index in [1.54, 1.807) is 24.3 Å². The molecule has 0 aliphatic heterocycles. The summed E-state index contributed by atoms with van der Waals surface area (Å²) in [4.78, 5) is 36.2. The Labute approximate surface area is 145 Å². The quantitative estimate of drug-likeness (QED) is 0.434. The van der Waals surface area contributed by atoms with Crippen molar-refractivity contribution in [1.29, 1.82) is 0 Å². The smallest absolute Gasteiger partial charge is 0.317 e. The van der Waals surface area contributed by atoms with Gasteiger partial charge in [0.25, 0.3) is 0 Å². The van der Waals surface area contributed by atoms with Crippen molar-refractivity contribution in [1.82, 2.24) is 0 Å². The maximum atomic E-state index is 12.2. The zero-order valence-electron chi connectivity index (χ0n) is 13.2. The molecule has 0 radical (unpaired) electrons. The topological polar surface area (TPSA) is 60.4 Å². The van der Waals surface area contributed by atoms with E-state index in [2.05, 4.69) is 0 Å². The Balaban J connectivity index is 2.00. The Morgan fingerprint density at radius 3 is 2.21 bits per heavy atom. The van der Waals surface area contributed by atoms with Crippen molar-refractivity contribution in [2.45, 2.75) is 20.0 Å². The first-order chi connectivity index (χ1) is 11.5. The molecular formula is C19H17ClO4. The van der Waals surface area contributed by atoms with Crippen molar-refractivity contribution >= 4 is 29.1 Å². The number of hydrogen-bond acceptors (Lipinski definition) is 4. The van der Waals surface area contributed by atoms with Gasteiger partial charge < -0.3 is 4.74 Å². The molecule has 0 fully saturated rings. The second kappa shape index (κ2) is 8.41. The second-order valence-electron chi connectivity index (χ2n) is 5.39. The molecule has 0 saturated carbocycles. The van der Waals surface area contributed by atoms with Crippen LogP contribution in [0, 0.1) is 5.92 Å². The van der Waals surface area contributed by atoms with Gasteiger partial charge in [-0.3, -0.25) is 14.4 Å². The maximum absolute atomic E-state index is 12.2. The summed E-state index contributed by atoms with van der Waals surface area (Å²) in [6.07, 6.45) is -0.218. The lowest BCUT2D eigenvalue weighted by Gasteiger charge is -2.13. The van der Waals surface area contributed by atoms with E-state index in [4.69, 9.17) is 16.3 Å². The van der Waals surface area contributed by atoms with Gasteiger partial charge >= 0.3 is 5.97 Å². The highest BCUT2D eigenvalue weighted by Gasteiger charge is 2.28. The number of ketones is 2. The SMILES string of the molecule is CC(=O)C(CC(=O)c1ccc(Cl)cc1)C(=O)OCc1ccccc1. The van der Waals surface area contributed by atoms with Gasteiger partial charge in [0.15, 0.2) is 5.78 Å². The van der Waals surface area contributed by atoms with Crippen LogP contribution in [-0.2, 0) is 20.9 Å². The number of halogens is 1. The van der Waals surface area contributed by atoms with Crippen LogP contribution in [-0.4, -0.2) is 17.5 Å². The highest BCUT2D eigenvalue weighted by atomic mass is 35.5. The van der Waals surface area contributed by atoms with Gasteiger partial charge in [-0.2, -0.15) is 0 Å². The van der Waals surface area contributed by atoms with Gasteiger partial charge in [0.2, 0.25) is 0 Å². The molecule has 0 saturated heterocycles. The average Bonchev–Trinajstić information content (AvgIpc) is 2.58. The molecule has 1 unspecified atom stereocenters. The van der Waals surface area contributed by atoms with Crippen molar-refractivity contribution in [3.05, 3.63) is 70.7 Å². The van der Waals surface area contributed by atoms with Crippen molar-refractivity contribution in [2.75, 3.05) is 0 Å². The fourth-order valence-corrected chi connectivity index (χ4v) is 2.29. The van der Waals surface area contributed by atoms with Crippen LogP contribution in [0.2, 0.25) is 5.02 Å². The summed E-state index contributed by atoms with van der Waals surface area (Å²) in [5, 5.41) is 0.511. The first-order valence-corrected chi connectivity index (χ1v) is 7.85. The molecule has 0 aliphatic carbocycles. The number of benzene rings is 2. The molecule has 2 aromatic rings. The summed E-state index contributed by atoms with van der Waals surface area (Å²) < 4.78 is 5.17. The number of Topliss-reactive ketones (excluding diaryl/α,β-unsaturated/α-hetero) is 2. The highest BCUT2D eigenvalue weighted by Crippen LogP contribution is 2.16. The molecule has 0 bridgehead atoms. The van der Waals surface area contributed by atoms with E-state index >= 15 is 0 Å². The molecule has 0 N–H and O–H groups in total. The zero-order valence-corrected chi connectivity index (χ0v) is 14.0. The van der Waals surface area contributed by atoms with Crippen LogP contribution in [0.25, 0.3) is 0 Å². The molecule has 24 heavy (non-hydrogen) atoms. The standard InChI is InChI=1S/C19H17ClO4/c1-13(21)17(11-18(22)15-7-9-16(20)10-8-15)19(23)24-12-14-5-3-2-4-6-14/h2-10,17H,11-12H2,1H3. The average molecular weight is 345 g/mol. The number of rotatable bonds is 7. The lowest BCUT2D eigenvalue weighted by molar-refractivity contribution is -0.152. The Bertz CT molecular complexity index is 723. The minimum Gasteiger partial charge on any atom is -0.460 e. The van der Waals surface area contributed by atoms with E-state index < -0.39 is 17.7 Å². The molecule has 0 aromatic heterocycles. The largest absolute Gasteiger partial charge is 0.460 e. The third kappa shape index (κ3) is 5.03. The van der Waals surface area contributed by atoms with E-state index in [-0.39, 0.29) is 18.8 Å². The third-order valence-electron chi connectivity index (χ3n) is 3.55. The minimum absolute atomic E-state index is 0.0680. The third-order valence-corrected chi connectivity index (χ3v) is 3.81. The van der Waals surface area contributed by atoms with E-state index in [0.29, 0.717) is 10.6 Å². The summed E-state index contributed by atoms with van der Waals surface area (Å²) in [7, 11) is 0. The van der Waals surface area contributed by atoms with Crippen LogP contribution < -0.4 is 0 Å². The predicted molar refractivity (Wildman–Crippen MR) is 90.8 cm³/mol. The number of ether oxygens (including phenoxy) is 1. The summed E-state index contributed by atoms with van der Waals surface area (Å²) in [6, 6.07) is 15.5. The van der Waals surface area contributed by atoms with Crippen LogP contribution >= 0.6 is 11.6 Å². The van der Waals surface area contributed by atoms with Gasteiger partial charge in [-0.05, 0) is 36.8 Å². The summed E-state index contributed by atoms with van der Waals surface area (Å²) in [5.41, 5.74) is 1.22. The Kier molecular flexibility index (Phi) is 6.27. The minimum atomic E-state index is -1.10. The molecule has 0 spiro atoms. The first-order valence-electron chi connectivity index (χ1n) is 7.47. The van der Waals surface area contributed by atoms with E-state index in [9.17, 15) is 14.4 Å². The molecule has 0 amide bonds. The van der Waals surface area contributed by atoms with Gasteiger partial charge in [0.05, 0.1) is 0 Å². The fraction of sp³-hybridized carbons (Fsp3) is 0.211. The monoisotopic (exact) mass is 344 g/mol. The first kappa shape index (κ1) is 17.9. The Hall–Kier alpha value is -2.46. The molecular weight excluding hydrogens is 328 g/mol. The second-order valence-corrected chi connectivity index (χ2v) is 5.83. The number of esters is 1. The van der Waals surface area contributed by atoms with Crippen LogP contribution in [0.5, 0.6) is 0 Å². The predicted octanol–water partition coefficient (Wildman–Crippen LogP) is 3.86. The van der Waals surface area contributed by atoms with E-state index in [0.717, 1.165) is 5.56 Å². The lowest BCUT2D eigenvalue weighted by atomic mass is 9.95. The van der Waals surface area contributed by atoms with Gasteiger partial charge in [-0.25, -0.2) is 0 Å². The van der Waals surface area contributed by atoms with Crippen molar-refractivity contribution in [3.63, 3.8) is 0 Å². The molecule has 0 aliphatic rings. The molecule has 124 valence electrons. The molecule has 2 rings (SSSR count). The highest BCUT2D eigenvalue weighted by molar-refractivity contribution is 6.30. The molecule has 4 nitrogen and oxygen atoms in total. The summed E-state index contributed by atoms with van der Waals surface area (Å²) in [6.45, 7) is 1.35. The summed E-state index contributed by atoms with van der Waals surface area (Å²) >= 11 is 5.78. The Morgan fingerprint density at radius 2 is 1.62 bits per heavy atom. The van der Waals surface area contributed by atoms with Crippen LogP contribution in [0.1, 0.15) is 29.3 Å². The van der Waals surface area contributed by atoms with Gasteiger partial charge in [-0.1, -0.05) is 41.9 Å². The van der Waals surface area contributed by atoms with Crippen LogP contribution in [0.4, 0.5) is 0 Å². The van der Waals surface area contributed by atoms with Crippen molar-refractivity contribution in [3.8, 4) is 0 Å². The van der Waals surface area contributed by atoms with Crippen molar-refractivity contribution in [2.24, 2.45) is 5.92 Å². The zero-order chi connectivity index (χ0) is 17.5. The number of carbonyl (C=O) groups excluding carboxylic acids is 3. The molecule has 1 atom stereocenters. The van der Waals surface area contributed by atoms with Gasteiger partial charge in [0.1, 0.15) is 18.3 Å². The number of hydrogen-bond donors (Lipinski definition) is 0. The van der Waals surface area contributed by atoms with Crippen LogP contribution in [0.15, 0.2) is 54.6 Å². The van der Waals surface area contributed by atoms with E-state index in [1.165, 1.54) is 6.92 Å². The Morgan fingerprint density at radius 1 is 1.00 bits per heavy atom. The number of carbonyl (C=O) groups is 3. The van der Waals surface area contributed by atoms with E-state index in [1.807, 2.05) is 30.3 Å². The molecule has 5 heteroatoms. The maximum Gasteiger partial charge on any atom is 0.317 e. The fourth-order valence-electron chi connectivity index (χ4n) is 2.16. The van der Waals surface area contributed by atoms with Gasteiger partial charge in [-0.15, -0.1) is 0 Å². The van der Waals surface area contributed by atoms with Gasteiger partial charge in [0, 0.05) is 17.0 Å². The normalized spacial score (nSPS) is 11.6. The summed E-state index contributed by atoms with van der Waals surface area (Å²) in [5.74, 6) is -2.48. The van der Waals surface area contributed by atoms with Crippen molar-refractivity contribution < 1.29 is 19.1 Å². The molecule has 2 aromatic carbocycles. The molecule has 0 heterocycles. The lowest BCUT2D eigenvalue weighted by Crippen LogP contribution is -2.27. The van der Waals surface area contributed by atoms with Crippen LogP contribution in [0.3, 0.4) is 0 Å².